The summed E-state index contributed by atoms with van der Waals surface area (Å²) in [5.74, 6) is -0.225. The van der Waals surface area contributed by atoms with E-state index >= 15 is 0 Å². The number of fused-ring (bicyclic) bond motifs is 1. The van der Waals surface area contributed by atoms with Crippen LogP contribution in [0.5, 0.6) is 0 Å². The van der Waals surface area contributed by atoms with Crippen LogP contribution in [-0.4, -0.2) is 11.1 Å². The Labute approximate surface area is 107 Å². The average molecular weight is 254 g/mol. The molecule has 3 aromatic rings. The smallest absolute Gasteiger partial charge is 0.282 e. The minimum Gasteiger partial charge on any atom is -0.361 e. The summed E-state index contributed by atoms with van der Waals surface area (Å²) in [6.07, 6.45) is 0. The van der Waals surface area contributed by atoms with Crippen LogP contribution in [0.4, 0.5) is 5.88 Å². The molecule has 0 aliphatic heterocycles. The summed E-state index contributed by atoms with van der Waals surface area (Å²) in [7, 11) is 0. The normalized spacial score (nSPS) is 10.5. The highest BCUT2D eigenvalue weighted by molar-refractivity contribution is 6.05. The molecule has 19 heavy (non-hydrogen) atoms. The van der Waals surface area contributed by atoms with E-state index in [2.05, 4.69) is 10.5 Å². The molecule has 3 rings (SSSR count). The van der Waals surface area contributed by atoms with Gasteiger partial charge in [-0.1, -0.05) is 30.3 Å². The topological polar surface area (TPSA) is 75.1 Å². The molecule has 0 saturated heterocycles. The maximum atomic E-state index is 12.0. The number of carbonyl (C=O) groups excluding carboxylic acids is 1. The second-order valence-electron chi connectivity index (χ2n) is 4.09. The number of benzene rings is 2. The zero-order valence-corrected chi connectivity index (χ0v) is 9.84. The fraction of sp³-hybridized carbons (Fsp3) is 0. The lowest BCUT2D eigenvalue weighted by Crippen LogP contribution is -2.11. The number of amides is 1. The Bertz CT molecular complexity index is 801. The van der Waals surface area contributed by atoms with Crippen molar-refractivity contribution in [3.05, 3.63) is 64.4 Å². The van der Waals surface area contributed by atoms with Gasteiger partial charge in [0.1, 0.15) is 0 Å². The molecule has 0 saturated carbocycles. The van der Waals surface area contributed by atoms with Crippen molar-refractivity contribution in [3.8, 4) is 0 Å². The van der Waals surface area contributed by atoms with Crippen LogP contribution in [0.3, 0.4) is 0 Å². The molecule has 1 amide bonds. The number of aromatic amines is 1. The van der Waals surface area contributed by atoms with E-state index in [1.165, 1.54) is 6.07 Å². The molecular formula is C14H10N2O3. The number of nitrogens with one attached hydrogen (secondary N) is 2. The SMILES string of the molecule is O=C(Nc1cc(=O)[nH]o1)c1ccc2ccccc2c1. The lowest BCUT2D eigenvalue weighted by molar-refractivity contribution is 0.102. The molecule has 0 aliphatic rings. The van der Waals surface area contributed by atoms with Crippen LogP contribution in [0.25, 0.3) is 10.8 Å². The van der Waals surface area contributed by atoms with Gasteiger partial charge in [0.25, 0.3) is 11.5 Å². The maximum Gasteiger partial charge on any atom is 0.282 e. The molecule has 2 aromatic carbocycles. The Hall–Kier alpha value is -2.82. The third kappa shape index (κ3) is 2.26. The van der Waals surface area contributed by atoms with Crippen molar-refractivity contribution in [2.24, 2.45) is 0 Å². The molecule has 1 heterocycles. The second-order valence-corrected chi connectivity index (χ2v) is 4.09. The number of hydrogen-bond acceptors (Lipinski definition) is 3. The number of rotatable bonds is 2. The molecule has 94 valence electrons. The second kappa shape index (κ2) is 4.45. The van der Waals surface area contributed by atoms with E-state index in [1.54, 1.807) is 12.1 Å². The van der Waals surface area contributed by atoms with Crippen LogP contribution < -0.4 is 10.9 Å². The molecule has 1 aromatic heterocycles. The van der Waals surface area contributed by atoms with Gasteiger partial charge in [-0.2, -0.15) is 5.16 Å². The first-order valence-electron chi connectivity index (χ1n) is 5.71. The van der Waals surface area contributed by atoms with Crippen LogP contribution in [0.15, 0.2) is 57.8 Å². The van der Waals surface area contributed by atoms with Crippen LogP contribution in [-0.2, 0) is 0 Å². The van der Waals surface area contributed by atoms with Gasteiger partial charge >= 0.3 is 0 Å². The van der Waals surface area contributed by atoms with E-state index in [4.69, 9.17) is 4.52 Å². The van der Waals surface area contributed by atoms with Crippen molar-refractivity contribution < 1.29 is 9.32 Å². The summed E-state index contributed by atoms with van der Waals surface area (Å²) in [5, 5.41) is 6.66. The summed E-state index contributed by atoms with van der Waals surface area (Å²) in [5.41, 5.74) is 0.108. The van der Waals surface area contributed by atoms with Crippen LogP contribution in [0.1, 0.15) is 10.4 Å². The fourth-order valence-electron chi connectivity index (χ4n) is 1.86. The highest BCUT2D eigenvalue weighted by Gasteiger charge is 2.09. The van der Waals surface area contributed by atoms with Crippen LogP contribution in [0.2, 0.25) is 0 Å². The largest absolute Gasteiger partial charge is 0.361 e. The van der Waals surface area contributed by atoms with Gasteiger partial charge < -0.3 is 4.52 Å². The molecule has 0 radical (unpaired) electrons. The van der Waals surface area contributed by atoms with E-state index in [0.29, 0.717) is 5.56 Å². The number of carbonyl (C=O) groups is 1. The standard InChI is InChI=1S/C14H10N2O3/c17-12-8-13(19-16-12)15-14(18)11-6-5-9-3-1-2-4-10(9)7-11/h1-8H,(H,15,18)(H,16,17). The van der Waals surface area contributed by atoms with Gasteiger partial charge in [-0.3, -0.25) is 14.9 Å². The van der Waals surface area contributed by atoms with Crippen molar-refractivity contribution in [1.29, 1.82) is 0 Å². The zero-order valence-electron chi connectivity index (χ0n) is 9.84. The molecular weight excluding hydrogens is 244 g/mol. The van der Waals surface area contributed by atoms with Gasteiger partial charge in [0.15, 0.2) is 0 Å². The van der Waals surface area contributed by atoms with Crippen molar-refractivity contribution in [2.75, 3.05) is 5.32 Å². The van der Waals surface area contributed by atoms with Crippen molar-refractivity contribution >= 4 is 22.6 Å². The third-order valence-corrected chi connectivity index (χ3v) is 2.77. The quantitative estimate of drug-likeness (QED) is 0.737. The predicted molar refractivity (Wildman–Crippen MR) is 71.2 cm³/mol. The predicted octanol–water partition coefficient (Wildman–Crippen LogP) is 2.37. The number of anilines is 1. The maximum absolute atomic E-state index is 12.0. The highest BCUT2D eigenvalue weighted by Crippen LogP contribution is 2.16. The zero-order chi connectivity index (χ0) is 13.2. The monoisotopic (exact) mass is 254 g/mol. The summed E-state index contributed by atoms with van der Waals surface area (Å²) < 4.78 is 4.77. The summed E-state index contributed by atoms with van der Waals surface area (Å²) in [4.78, 5) is 22.9. The van der Waals surface area contributed by atoms with E-state index in [-0.39, 0.29) is 11.8 Å². The lowest BCUT2D eigenvalue weighted by Gasteiger charge is -2.03. The molecule has 0 fully saturated rings. The summed E-state index contributed by atoms with van der Waals surface area (Å²) in [6, 6.07) is 14.3. The van der Waals surface area contributed by atoms with Gasteiger partial charge in [0.05, 0.1) is 6.07 Å². The molecule has 0 atom stereocenters. The first kappa shape index (κ1) is 11.3. The van der Waals surface area contributed by atoms with Crippen molar-refractivity contribution in [1.82, 2.24) is 5.16 Å². The Kier molecular flexibility index (Phi) is 2.64. The summed E-state index contributed by atoms with van der Waals surface area (Å²) in [6.45, 7) is 0. The van der Waals surface area contributed by atoms with Gasteiger partial charge in [0.2, 0.25) is 5.88 Å². The fourth-order valence-corrected chi connectivity index (χ4v) is 1.86. The minimum absolute atomic E-state index is 0.100. The molecule has 5 nitrogen and oxygen atoms in total. The van der Waals surface area contributed by atoms with Crippen LogP contribution >= 0.6 is 0 Å². The minimum atomic E-state index is -0.395. The average Bonchev–Trinajstić information content (AvgIpc) is 2.83. The first-order valence-corrected chi connectivity index (χ1v) is 5.71. The Balaban J connectivity index is 1.91. The first-order chi connectivity index (χ1) is 9.22. The Morgan fingerprint density at radius 1 is 1.05 bits per heavy atom. The van der Waals surface area contributed by atoms with Gasteiger partial charge in [0, 0.05) is 5.56 Å². The van der Waals surface area contributed by atoms with E-state index in [0.717, 1.165) is 10.8 Å². The van der Waals surface area contributed by atoms with Crippen LogP contribution in [0, 0.1) is 0 Å². The van der Waals surface area contributed by atoms with Crippen molar-refractivity contribution in [2.45, 2.75) is 0 Å². The van der Waals surface area contributed by atoms with Gasteiger partial charge in [-0.15, -0.1) is 0 Å². The van der Waals surface area contributed by atoms with Gasteiger partial charge in [-0.05, 0) is 22.9 Å². The lowest BCUT2D eigenvalue weighted by atomic mass is 10.1. The van der Waals surface area contributed by atoms with E-state index in [9.17, 15) is 9.59 Å². The summed E-state index contributed by atoms with van der Waals surface area (Å²) >= 11 is 0. The Morgan fingerprint density at radius 2 is 1.84 bits per heavy atom. The molecule has 0 spiro atoms. The van der Waals surface area contributed by atoms with E-state index in [1.807, 2.05) is 30.3 Å². The number of H-pyrrole nitrogens is 1. The van der Waals surface area contributed by atoms with E-state index < -0.39 is 5.56 Å². The highest BCUT2D eigenvalue weighted by atomic mass is 16.5. The number of aromatic nitrogens is 1. The molecule has 0 aliphatic carbocycles. The van der Waals surface area contributed by atoms with Crippen molar-refractivity contribution in [3.63, 3.8) is 0 Å². The molecule has 2 N–H and O–H groups in total. The number of hydrogen-bond donors (Lipinski definition) is 2. The van der Waals surface area contributed by atoms with Gasteiger partial charge in [-0.25, -0.2) is 0 Å². The molecule has 5 heteroatoms. The third-order valence-electron chi connectivity index (χ3n) is 2.77. The molecule has 0 bridgehead atoms. The molecule has 0 unspecified atom stereocenters. The Morgan fingerprint density at radius 3 is 2.58 bits per heavy atom.